The number of rotatable bonds is 11. The molecule has 0 heterocycles. The third-order valence-electron chi connectivity index (χ3n) is 5.61. The van der Waals surface area contributed by atoms with Crippen LogP contribution >= 0.6 is 0 Å². The molecular formula is C27H30N6O4S. The largest absolute Gasteiger partial charge is 0.449 e. The van der Waals surface area contributed by atoms with Crippen LogP contribution in [0, 0.1) is 36.2 Å². The van der Waals surface area contributed by atoms with Crippen LogP contribution in [-0.4, -0.2) is 53.0 Å². The maximum atomic E-state index is 13.2. The van der Waals surface area contributed by atoms with E-state index < -0.39 is 22.2 Å². The monoisotopic (exact) mass is 534 g/mol. The summed E-state index contributed by atoms with van der Waals surface area (Å²) in [4.78, 5) is 19.7. The van der Waals surface area contributed by atoms with Crippen LogP contribution in [0.2, 0.25) is 0 Å². The Balaban J connectivity index is 2.62. The van der Waals surface area contributed by atoms with E-state index in [9.17, 15) is 23.7 Å². The summed E-state index contributed by atoms with van der Waals surface area (Å²) >= 11 is 0. The van der Waals surface area contributed by atoms with Crippen molar-refractivity contribution in [1.29, 1.82) is 10.5 Å². The van der Waals surface area contributed by atoms with Gasteiger partial charge in [-0.05, 0) is 50.1 Å². The molecular weight excluding hydrogens is 504 g/mol. The highest BCUT2D eigenvalue weighted by molar-refractivity contribution is 7.88. The number of allylic oxidation sites excluding steroid dienone is 1. The molecule has 0 radical (unpaired) electrons. The highest BCUT2D eigenvalue weighted by atomic mass is 32.2. The van der Waals surface area contributed by atoms with E-state index in [1.165, 1.54) is 0 Å². The lowest BCUT2D eigenvalue weighted by Crippen LogP contribution is -2.42. The van der Waals surface area contributed by atoms with Crippen molar-refractivity contribution >= 4 is 33.1 Å². The summed E-state index contributed by atoms with van der Waals surface area (Å²) in [6.07, 6.45) is 0.303. The van der Waals surface area contributed by atoms with Crippen LogP contribution in [0.3, 0.4) is 0 Å². The SMILES string of the molecule is [C-]#[N+]/C(C#N)=C(\c1ccccc1)C(C#N)N(C(=O)OCC)c1ccc(N(CC)CCNS(C)(=O)=O)cc1C. The second kappa shape index (κ2) is 13.8. The van der Waals surface area contributed by atoms with Gasteiger partial charge in [-0.2, -0.15) is 5.26 Å². The standard InChI is InChI=1S/C27H30N6O4S/c1-6-32(16-15-31-38(5,35)36)22-13-14-24(20(3)17-22)33(27(34)37-7-2)25(19-29)26(23(18-28)30-4)21-11-9-8-10-12-21/h8-14,17,25,31H,6-7,15-16H2,1-3,5H3/b26-23+. The summed E-state index contributed by atoms with van der Waals surface area (Å²) < 4.78 is 30.6. The number of aryl methyl sites for hydroxylation is 1. The molecule has 2 rings (SSSR count). The third kappa shape index (κ3) is 7.57. The first-order valence-electron chi connectivity index (χ1n) is 11.8. The van der Waals surface area contributed by atoms with Gasteiger partial charge >= 0.3 is 6.09 Å². The van der Waals surface area contributed by atoms with E-state index in [1.54, 1.807) is 56.3 Å². The molecule has 0 aliphatic heterocycles. The first kappa shape index (κ1) is 29.9. The van der Waals surface area contributed by atoms with E-state index in [1.807, 2.05) is 24.0 Å². The summed E-state index contributed by atoms with van der Waals surface area (Å²) in [6, 6.07) is 16.4. The topological polar surface area (TPSA) is 131 Å². The molecule has 0 fully saturated rings. The smallest absolute Gasteiger partial charge is 0.415 e. The average molecular weight is 535 g/mol. The minimum absolute atomic E-state index is 0.0554. The van der Waals surface area contributed by atoms with Gasteiger partial charge in [-0.3, -0.25) is 4.90 Å². The average Bonchev–Trinajstić information content (AvgIpc) is 2.89. The van der Waals surface area contributed by atoms with Crippen molar-refractivity contribution in [2.75, 3.05) is 42.3 Å². The number of ether oxygens (including phenoxy) is 1. The number of sulfonamides is 1. The van der Waals surface area contributed by atoms with Gasteiger partial charge in [0.2, 0.25) is 10.0 Å². The molecule has 0 aliphatic rings. The molecule has 1 unspecified atom stereocenters. The molecule has 10 nitrogen and oxygen atoms in total. The number of hydrogen-bond acceptors (Lipinski definition) is 7. The van der Waals surface area contributed by atoms with Gasteiger partial charge in [-0.25, -0.2) is 28.0 Å². The first-order valence-corrected chi connectivity index (χ1v) is 13.7. The Morgan fingerprint density at radius 1 is 1.18 bits per heavy atom. The fourth-order valence-electron chi connectivity index (χ4n) is 3.92. The highest BCUT2D eigenvalue weighted by Crippen LogP contribution is 2.34. The number of likely N-dealkylation sites (N-methyl/N-ethyl adjacent to an activating group) is 1. The molecule has 0 aromatic heterocycles. The summed E-state index contributed by atoms with van der Waals surface area (Å²) in [5.41, 5.74) is 2.06. The van der Waals surface area contributed by atoms with Crippen molar-refractivity contribution in [2.24, 2.45) is 0 Å². The van der Waals surface area contributed by atoms with Crippen molar-refractivity contribution in [1.82, 2.24) is 4.72 Å². The van der Waals surface area contributed by atoms with Crippen LogP contribution in [0.1, 0.15) is 25.0 Å². The van der Waals surface area contributed by atoms with Crippen molar-refractivity contribution < 1.29 is 17.9 Å². The normalized spacial score (nSPS) is 12.2. The quantitative estimate of drug-likeness (QED) is 0.339. The van der Waals surface area contributed by atoms with Crippen molar-refractivity contribution in [3.8, 4) is 12.1 Å². The fourth-order valence-corrected chi connectivity index (χ4v) is 4.38. The Bertz CT molecular complexity index is 1390. The first-order chi connectivity index (χ1) is 18.1. The second-order valence-electron chi connectivity index (χ2n) is 8.17. The Morgan fingerprint density at radius 3 is 2.37 bits per heavy atom. The molecule has 1 N–H and O–H groups in total. The van der Waals surface area contributed by atoms with Crippen molar-refractivity contribution in [3.63, 3.8) is 0 Å². The van der Waals surface area contributed by atoms with E-state index in [0.29, 0.717) is 29.9 Å². The van der Waals surface area contributed by atoms with Gasteiger partial charge in [-0.15, -0.1) is 0 Å². The molecule has 38 heavy (non-hydrogen) atoms. The minimum Gasteiger partial charge on any atom is -0.449 e. The predicted molar refractivity (Wildman–Crippen MR) is 146 cm³/mol. The molecule has 2 aromatic carbocycles. The van der Waals surface area contributed by atoms with Gasteiger partial charge in [0.25, 0.3) is 5.70 Å². The molecule has 11 heteroatoms. The van der Waals surface area contributed by atoms with E-state index in [4.69, 9.17) is 11.3 Å². The Labute approximate surface area is 224 Å². The molecule has 198 valence electrons. The Morgan fingerprint density at radius 2 is 1.87 bits per heavy atom. The zero-order valence-corrected chi connectivity index (χ0v) is 22.6. The van der Waals surface area contributed by atoms with Crippen molar-refractivity contribution in [2.45, 2.75) is 26.8 Å². The fraction of sp³-hybridized carbons (Fsp3) is 0.333. The van der Waals surface area contributed by atoms with E-state index in [0.717, 1.165) is 16.8 Å². The minimum atomic E-state index is -3.32. The predicted octanol–water partition coefficient (Wildman–Crippen LogP) is 4.08. The summed E-state index contributed by atoms with van der Waals surface area (Å²) in [5.74, 6) is 0. The summed E-state index contributed by atoms with van der Waals surface area (Å²) in [6.45, 7) is 14.2. The van der Waals surface area contributed by atoms with E-state index in [-0.39, 0.29) is 24.4 Å². The van der Waals surface area contributed by atoms with Gasteiger partial charge in [0.1, 0.15) is 6.04 Å². The van der Waals surface area contributed by atoms with E-state index in [2.05, 4.69) is 15.6 Å². The number of anilines is 2. The lowest BCUT2D eigenvalue weighted by molar-refractivity contribution is 0.159. The molecule has 2 aromatic rings. The third-order valence-corrected chi connectivity index (χ3v) is 6.34. The highest BCUT2D eigenvalue weighted by Gasteiger charge is 2.33. The number of nitrogens with zero attached hydrogens (tertiary/aromatic N) is 5. The molecule has 0 bridgehead atoms. The van der Waals surface area contributed by atoms with Crippen molar-refractivity contribution in [3.05, 3.63) is 76.8 Å². The van der Waals surface area contributed by atoms with Crippen LogP contribution in [0.15, 0.2) is 54.2 Å². The Kier molecular flexibility index (Phi) is 10.8. The van der Waals surface area contributed by atoms with Crippen LogP contribution < -0.4 is 14.5 Å². The summed E-state index contributed by atoms with van der Waals surface area (Å²) in [5, 5.41) is 20.0. The number of carbonyl (C=O) groups excluding carboxylic acids is 1. The number of hydrogen-bond donors (Lipinski definition) is 1. The molecule has 0 saturated carbocycles. The maximum absolute atomic E-state index is 13.2. The van der Waals surface area contributed by atoms with E-state index >= 15 is 0 Å². The van der Waals surface area contributed by atoms with Gasteiger partial charge < -0.3 is 9.64 Å². The molecule has 1 amide bonds. The number of nitriles is 2. The van der Waals surface area contributed by atoms with Crippen LogP contribution in [0.4, 0.5) is 16.2 Å². The lowest BCUT2D eigenvalue weighted by atomic mass is 9.95. The van der Waals surface area contributed by atoms with Crippen LogP contribution in [0.5, 0.6) is 0 Å². The van der Waals surface area contributed by atoms with Crippen LogP contribution in [-0.2, 0) is 14.8 Å². The second-order valence-corrected chi connectivity index (χ2v) is 10.0. The van der Waals surface area contributed by atoms with Crippen LogP contribution in [0.25, 0.3) is 10.4 Å². The molecule has 1 atom stereocenters. The van der Waals surface area contributed by atoms with Gasteiger partial charge in [0.15, 0.2) is 0 Å². The van der Waals surface area contributed by atoms with Gasteiger partial charge in [0, 0.05) is 30.9 Å². The Hall–Kier alpha value is -4.37. The zero-order chi connectivity index (χ0) is 28.3. The summed E-state index contributed by atoms with van der Waals surface area (Å²) in [7, 11) is -3.32. The number of amides is 1. The van der Waals surface area contributed by atoms with Gasteiger partial charge in [0.05, 0.1) is 37.3 Å². The maximum Gasteiger partial charge on any atom is 0.415 e. The zero-order valence-electron chi connectivity index (χ0n) is 21.8. The number of nitrogens with one attached hydrogen (secondary N) is 1. The van der Waals surface area contributed by atoms with Gasteiger partial charge in [-0.1, -0.05) is 30.3 Å². The number of benzene rings is 2. The molecule has 0 saturated heterocycles. The number of carbonyl (C=O) groups is 1. The molecule has 0 spiro atoms. The molecule has 0 aliphatic carbocycles. The lowest BCUT2D eigenvalue weighted by Gasteiger charge is -2.31.